The highest BCUT2D eigenvalue weighted by Crippen LogP contribution is 2.17. The van der Waals surface area contributed by atoms with E-state index in [-0.39, 0.29) is 6.04 Å². The van der Waals surface area contributed by atoms with Gasteiger partial charge in [0.2, 0.25) is 0 Å². The summed E-state index contributed by atoms with van der Waals surface area (Å²) in [7, 11) is -2.80. The molecule has 0 bridgehead atoms. The maximum Gasteiger partial charge on any atom is 0.153 e. The highest BCUT2D eigenvalue weighted by atomic mass is 32.2. The van der Waals surface area contributed by atoms with Gasteiger partial charge in [-0.05, 0) is 31.7 Å². The Balaban J connectivity index is 2.51. The third-order valence-electron chi connectivity index (χ3n) is 3.44. The van der Waals surface area contributed by atoms with Gasteiger partial charge in [0.25, 0.3) is 0 Å². The summed E-state index contributed by atoms with van der Waals surface area (Å²) in [6.07, 6.45) is 1.12. The van der Waals surface area contributed by atoms with Crippen LogP contribution in [0.4, 0.5) is 0 Å². The van der Waals surface area contributed by atoms with Crippen molar-refractivity contribution < 1.29 is 8.42 Å². The molecule has 2 unspecified atom stereocenters. The quantitative estimate of drug-likeness (QED) is 0.793. The van der Waals surface area contributed by atoms with E-state index < -0.39 is 9.84 Å². The van der Waals surface area contributed by atoms with Crippen molar-refractivity contribution in [2.75, 3.05) is 31.1 Å². The molecule has 0 radical (unpaired) electrons. The average Bonchev–Trinajstić information content (AvgIpc) is 2.19. The van der Waals surface area contributed by atoms with Crippen molar-refractivity contribution in [3.63, 3.8) is 0 Å². The summed E-state index contributed by atoms with van der Waals surface area (Å²) in [4.78, 5) is 2.28. The van der Waals surface area contributed by atoms with Gasteiger partial charge in [-0.1, -0.05) is 13.8 Å². The average molecular weight is 262 g/mol. The molecule has 1 heterocycles. The van der Waals surface area contributed by atoms with Crippen LogP contribution in [0.5, 0.6) is 0 Å². The van der Waals surface area contributed by atoms with Crippen molar-refractivity contribution in [3.05, 3.63) is 0 Å². The minimum Gasteiger partial charge on any atom is -0.330 e. The Bertz CT molecular complexity index is 327. The molecule has 0 amide bonds. The van der Waals surface area contributed by atoms with E-state index >= 15 is 0 Å². The Morgan fingerprint density at radius 3 is 2.53 bits per heavy atom. The molecule has 1 aliphatic rings. The Labute approximate surface area is 105 Å². The van der Waals surface area contributed by atoms with E-state index in [2.05, 4.69) is 18.7 Å². The molecule has 5 heteroatoms. The molecule has 0 spiro atoms. The van der Waals surface area contributed by atoms with Gasteiger partial charge in [-0.3, -0.25) is 4.90 Å². The molecule has 1 saturated heterocycles. The lowest BCUT2D eigenvalue weighted by Crippen LogP contribution is -2.49. The third kappa shape index (κ3) is 4.94. The second-order valence-corrected chi connectivity index (χ2v) is 7.92. The zero-order valence-corrected chi connectivity index (χ0v) is 12.0. The molecule has 0 aliphatic carbocycles. The maximum absolute atomic E-state index is 11.5. The van der Waals surface area contributed by atoms with Gasteiger partial charge in [0.1, 0.15) is 0 Å². The van der Waals surface area contributed by atoms with E-state index in [4.69, 9.17) is 5.73 Å². The summed E-state index contributed by atoms with van der Waals surface area (Å²) < 4.78 is 23.0. The lowest BCUT2D eigenvalue weighted by Gasteiger charge is -2.35. The predicted molar refractivity (Wildman–Crippen MR) is 71.7 cm³/mol. The molecular formula is C12H26N2O2S. The van der Waals surface area contributed by atoms with Crippen LogP contribution in [0.2, 0.25) is 0 Å². The molecule has 4 nitrogen and oxygen atoms in total. The van der Waals surface area contributed by atoms with Crippen LogP contribution in [0.15, 0.2) is 0 Å². The fourth-order valence-corrected chi connectivity index (χ4v) is 4.17. The Morgan fingerprint density at radius 1 is 1.41 bits per heavy atom. The number of hydrogen-bond acceptors (Lipinski definition) is 4. The SMILES string of the molecule is CC(C)CC(CN)CN1CCS(=O)(=O)CC1C. The van der Waals surface area contributed by atoms with Crippen LogP contribution < -0.4 is 5.73 Å². The molecule has 2 N–H and O–H groups in total. The zero-order chi connectivity index (χ0) is 13.1. The van der Waals surface area contributed by atoms with Crippen molar-refractivity contribution in [1.29, 1.82) is 0 Å². The molecule has 2 atom stereocenters. The van der Waals surface area contributed by atoms with E-state index in [0.29, 0.717) is 36.4 Å². The van der Waals surface area contributed by atoms with E-state index in [1.54, 1.807) is 0 Å². The summed E-state index contributed by atoms with van der Waals surface area (Å²) in [6, 6.07) is 0.134. The molecule has 0 aromatic rings. The molecule has 0 aromatic carbocycles. The molecule has 0 saturated carbocycles. The van der Waals surface area contributed by atoms with Crippen LogP contribution in [-0.2, 0) is 9.84 Å². The Morgan fingerprint density at radius 2 is 2.06 bits per heavy atom. The summed E-state index contributed by atoms with van der Waals surface area (Å²) in [5.74, 6) is 1.73. The Kier molecular flexibility index (Phi) is 5.41. The fourth-order valence-electron chi connectivity index (χ4n) is 2.55. The van der Waals surface area contributed by atoms with Crippen molar-refractivity contribution in [1.82, 2.24) is 4.90 Å². The first kappa shape index (κ1) is 14.9. The van der Waals surface area contributed by atoms with Crippen LogP contribution in [0, 0.1) is 11.8 Å². The van der Waals surface area contributed by atoms with Crippen LogP contribution >= 0.6 is 0 Å². The van der Waals surface area contributed by atoms with E-state index in [1.807, 2.05) is 6.92 Å². The lowest BCUT2D eigenvalue weighted by atomic mass is 9.96. The third-order valence-corrected chi connectivity index (χ3v) is 5.23. The summed E-state index contributed by atoms with van der Waals surface area (Å²) in [6.45, 7) is 8.69. The van der Waals surface area contributed by atoms with Crippen molar-refractivity contribution in [2.24, 2.45) is 17.6 Å². The van der Waals surface area contributed by atoms with Crippen LogP contribution in [0.3, 0.4) is 0 Å². The first-order chi connectivity index (χ1) is 7.84. The van der Waals surface area contributed by atoms with E-state index in [9.17, 15) is 8.42 Å². The van der Waals surface area contributed by atoms with Crippen molar-refractivity contribution in [2.45, 2.75) is 33.2 Å². The number of rotatable bonds is 5. The normalized spacial score (nSPS) is 27.2. The largest absolute Gasteiger partial charge is 0.330 e. The first-order valence-electron chi connectivity index (χ1n) is 6.48. The van der Waals surface area contributed by atoms with Gasteiger partial charge in [0.15, 0.2) is 9.84 Å². The van der Waals surface area contributed by atoms with Crippen molar-refractivity contribution >= 4 is 9.84 Å². The Hall–Kier alpha value is -0.130. The predicted octanol–water partition coefficient (Wildman–Crippen LogP) is 0.726. The molecule has 17 heavy (non-hydrogen) atoms. The van der Waals surface area contributed by atoms with Gasteiger partial charge in [-0.25, -0.2) is 8.42 Å². The minimum atomic E-state index is -2.80. The summed E-state index contributed by atoms with van der Waals surface area (Å²) >= 11 is 0. The number of nitrogens with zero attached hydrogens (tertiary/aromatic N) is 1. The molecule has 1 rings (SSSR count). The smallest absolute Gasteiger partial charge is 0.153 e. The van der Waals surface area contributed by atoms with E-state index in [0.717, 1.165) is 13.0 Å². The molecule has 1 aliphatic heterocycles. The van der Waals surface area contributed by atoms with Gasteiger partial charge >= 0.3 is 0 Å². The van der Waals surface area contributed by atoms with Gasteiger partial charge in [-0.15, -0.1) is 0 Å². The monoisotopic (exact) mass is 262 g/mol. The second-order valence-electron chi connectivity index (χ2n) is 5.69. The molecular weight excluding hydrogens is 236 g/mol. The maximum atomic E-state index is 11.5. The van der Waals surface area contributed by atoms with Crippen molar-refractivity contribution in [3.8, 4) is 0 Å². The zero-order valence-electron chi connectivity index (χ0n) is 11.2. The van der Waals surface area contributed by atoms with Crippen LogP contribution in [0.25, 0.3) is 0 Å². The topological polar surface area (TPSA) is 63.4 Å². The first-order valence-corrected chi connectivity index (χ1v) is 8.30. The number of hydrogen-bond donors (Lipinski definition) is 1. The molecule has 1 fully saturated rings. The number of sulfone groups is 1. The van der Waals surface area contributed by atoms with E-state index in [1.165, 1.54) is 0 Å². The standard InChI is InChI=1S/C12H26N2O2S/c1-10(2)6-12(7-13)8-14-4-5-17(15,16)9-11(14)3/h10-12H,4-9,13H2,1-3H3. The van der Waals surface area contributed by atoms with Gasteiger partial charge in [0, 0.05) is 19.1 Å². The van der Waals surface area contributed by atoms with Crippen LogP contribution in [-0.4, -0.2) is 50.5 Å². The van der Waals surface area contributed by atoms with Gasteiger partial charge in [0.05, 0.1) is 11.5 Å². The van der Waals surface area contributed by atoms with Gasteiger partial charge < -0.3 is 5.73 Å². The van der Waals surface area contributed by atoms with Crippen LogP contribution in [0.1, 0.15) is 27.2 Å². The minimum absolute atomic E-state index is 0.134. The molecule has 102 valence electrons. The summed E-state index contributed by atoms with van der Waals surface area (Å²) in [5, 5.41) is 0. The molecule has 0 aromatic heterocycles. The fraction of sp³-hybridized carbons (Fsp3) is 1.00. The highest BCUT2D eigenvalue weighted by Gasteiger charge is 2.29. The highest BCUT2D eigenvalue weighted by molar-refractivity contribution is 7.91. The lowest BCUT2D eigenvalue weighted by molar-refractivity contribution is 0.182. The number of nitrogens with two attached hydrogens (primary N) is 1. The second kappa shape index (κ2) is 6.16. The van der Waals surface area contributed by atoms with Gasteiger partial charge in [-0.2, -0.15) is 0 Å². The summed E-state index contributed by atoms with van der Waals surface area (Å²) in [5.41, 5.74) is 5.79.